The van der Waals surface area contributed by atoms with Crippen LogP contribution in [0.5, 0.6) is 0 Å². The molecular formula is C27H35FN6O2. The van der Waals surface area contributed by atoms with E-state index < -0.39 is 5.60 Å². The third kappa shape index (κ3) is 4.57. The first-order valence-corrected chi connectivity index (χ1v) is 12.7. The Kier molecular flexibility index (Phi) is 6.70. The maximum absolute atomic E-state index is 14.4. The molecule has 4 heterocycles. The summed E-state index contributed by atoms with van der Waals surface area (Å²) in [6.45, 7) is 7.23. The number of amides is 1. The Balaban J connectivity index is 1.43. The van der Waals surface area contributed by atoms with E-state index in [1.807, 2.05) is 43.8 Å². The Hall–Kier alpha value is -3.04. The number of carbonyl (C=O) groups excluding carboxylic acids is 1. The molecule has 1 spiro atoms. The standard InChI is InChI=1S/C27H35FN6O2/c1-18(20-7-5-6-8-22(20)28)29-25-21-17-23-27(36-16-15-34(23)26(21)31-19(2)30-25)10-13-33(14-11-27)24(35)9-12-32(3)4/h5-8,17-18H,9-16H2,1-4H3,(H,29,30,31)/t18-/m1/s1. The molecule has 3 aromatic rings. The summed E-state index contributed by atoms with van der Waals surface area (Å²) >= 11 is 0. The third-order valence-corrected chi connectivity index (χ3v) is 7.45. The number of ether oxygens (including phenoxy) is 1. The number of fused-ring (bicyclic) bond motifs is 4. The lowest BCUT2D eigenvalue weighted by Gasteiger charge is -2.44. The van der Waals surface area contributed by atoms with Crippen LogP contribution in [-0.4, -0.2) is 70.6 Å². The number of anilines is 1. The Bertz CT molecular complexity index is 1260. The molecule has 5 rings (SSSR count). The van der Waals surface area contributed by atoms with Crippen LogP contribution in [0.1, 0.15) is 49.3 Å². The zero-order chi connectivity index (χ0) is 25.4. The summed E-state index contributed by atoms with van der Waals surface area (Å²) < 4.78 is 23.1. The van der Waals surface area contributed by atoms with Gasteiger partial charge in [0.05, 0.1) is 23.7 Å². The van der Waals surface area contributed by atoms with Crippen molar-refractivity contribution in [2.45, 2.75) is 51.3 Å². The first-order valence-electron chi connectivity index (χ1n) is 12.7. The maximum atomic E-state index is 14.4. The Morgan fingerprint density at radius 3 is 2.69 bits per heavy atom. The third-order valence-electron chi connectivity index (χ3n) is 7.45. The van der Waals surface area contributed by atoms with Crippen molar-refractivity contribution >= 4 is 22.8 Å². The van der Waals surface area contributed by atoms with Crippen molar-refractivity contribution in [2.24, 2.45) is 0 Å². The summed E-state index contributed by atoms with van der Waals surface area (Å²) in [5.41, 5.74) is 2.11. The maximum Gasteiger partial charge on any atom is 0.223 e. The van der Waals surface area contributed by atoms with E-state index >= 15 is 0 Å². The number of likely N-dealkylation sites (tertiary alicyclic amines) is 1. The van der Waals surface area contributed by atoms with Crippen molar-refractivity contribution in [1.29, 1.82) is 0 Å². The Morgan fingerprint density at radius 2 is 1.97 bits per heavy atom. The number of rotatable bonds is 6. The lowest BCUT2D eigenvalue weighted by Crippen LogP contribution is -2.49. The number of hydrogen-bond donors (Lipinski definition) is 1. The lowest BCUT2D eigenvalue weighted by molar-refractivity contribution is -0.143. The van der Waals surface area contributed by atoms with Gasteiger partial charge in [0.1, 0.15) is 28.7 Å². The minimum atomic E-state index is -0.445. The van der Waals surface area contributed by atoms with Crippen LogP contribution in [0.4, 0.5) is 10.2 Å². The number of nitrogens with one attached hydrogen (secondary N) is 1. The summed E-state index contributed by atoms with van der Waals surface area (Å²) in [7, 11) is 3.97. The summed E-state index contributed by atoms with van der Waals surface area (Å²) in [5.74, 6) is 1.31. The number of benzene rings is 1. The molecule has 0 unspecified atom stereocenters. The van der Waals surface area contributed by atoms with Crippen molar-refractivity contribution in [3.8, 4) is 0 Å². The van der Waals surface area contributed by atoms with E-state index in [0.717, 1.165) is 36.1 Å². The van der Waals surface area contributed by atoms with Crippen LogP contribution in [0.3, 0.4) is 0 Å². The second-order valence-electron chi connectivity index (χ2n) is 10.2. The number of halogens is 1. The van der Waals surface area contributed by atoms with Gasteiger partial charge >= 0.3 is 0 Å². The molecule has 1 fully saturated rings. The van der Waals surface area contributed by atoms with E-state index in [1.165, 1.54) is 6.07 Å². The highest BCUT2D eigenvalue weighted by atomic mass is 19.1. The van der Waals surface area contributed by atoms with Gasteiger partial charge in [0.15, 0.2) is 0 Å². The highest BCUT2D eigenvalue weighted by molar-refractivity contribution is 5.89. The second-order valence-corrected chi connectivity index (χ2v) is 10.2. The smallest absolute Gasteiger partial charge is 0.223 e. The van der Waals surface area contributed by atoms with E-state index in [9.17, 15) is 9.18 Å². The molecule has 192 valence electrons. The van der Waals surface area contributed by atoms with E-state index in [1.54, 1.807) is 12.1 Å². The minimum absolute atomic E-state index is 0.199. The lowest BCUT2D eigenvalue weighted by atomic mass is 9.86. The fraction of sp³-hybridized carbons (Fsp3) is 0.519. The SMILES string of the molecule is Cc1nc(N[C@H](C)c2ccccc2F)c2cc3n(c2n1)CCOC31CCN(C(=O)CCN(C)C)CC1. The highest BCUT2D eigenvalue weighted by Crippen LogP contribution is 2.43. The van der Waals surface area contributed by atoms with E-state index in [0.29, 0.717) is 49.9 Å². The number of carbonyl (C=O) groups is 1. The van der Waals surface area contributed by atoms with Gasteiger partial charge in [-0.15, -0.1) is 0 Å². The average molecular weight is 495 g/mol. The van der Waals surface area contributed by atoms with Crippen LogP contribution >= 0.6 is 0 Å². The fourth-order valence-corrected chi connectivity index (χ4v) is 5.46. The van der Waals surface area contributed by atoms with Gasteiger partial charge in [-0.2, -0.15) is 0 Å². The highest BCUT2D eigenvalue weighted by Gasteiger charge is 2.43. The predicted octanol–water partition coefficient (Wildman–Crippen LogP) is 3.85. The molecule has 8 nitrogen and oxygen atoms in total. The molecule has 2 aliphatic rings. The topological polar surface area (TPSA) is 75.5 Å². The van der Waals surface area contributed by atoms with Crippen molar-refractivity contribution < 1.29 is 13.9 Å². The molecule has 2 aromatic heterocycles. The number of hydrogen-bond acceptors (Lipinski definition) is 6. The first-order chi connectivity index (χ1) is 17.3. The monoisotopic (exact) mass is 494 g/mol. The summed E-state index contributed by atoms with van der Waals surface area (Å²) in [5, 5.41) is 4.34. The molecule has 0 saturated carbocycles. The largest absolute Gasteiger partial charge is 0.367 e. The summed E-state index contributed by atoms with van der Waals surface area (Å²) in [6.07, 6.45) is 2.03. The van der Waals surface area contributed by atoms with Gasteiger partial charge in [-0.05, 0) is 52.9 Å². The molecule has 9 heteroatoms. The van der Waals surface area contributed by atoms with Gasteiger partial charge in [-0.3, -0.25) is 4.79 Å². The Morgan fingerprint density at radius 1 is 1.22 bits per heavy atom. The molecule has 0 bridgehead atoms. The zero-order valence-corrected chi connectivity index (χ0v) is 21.6. The first kappa shape index (κ1) is 24.6. The molecule has 1 N–H and O–H groups in total. The van der Waals surface area contributed by atoms with Crippen molar-refractivity contribution in [3.63, 3.8) is 0 Å². The normalized spacial score (nSPS) is 18.0. The molecule has 1 aromatic carbocycles. The molecule has 2 aliphatic heterocycles. The van der Waals surface area contributed by atoms with Crippen LogP contribution in [0, 0.1) is 12.7 Å². The molecule has 1 atom stereocenters. The number of aryl methyl sites for hydroxylation is 1. The van der Waals surface area contributed by atoms with Crippen LogP contribution < -0.4 is 5.32 Å². The number of piperidine rings is 1. The van der Waals surface area contributed by atoms with E-state index in [-0.39, 0.29) is 17.8 Å². The van der Waals surface area contributed by atoms with Gasteiger partial charge < -0.3 is 24.4 Å². The van der Waals surface area contributed by atoms with E-state index in [4.69, 9.17) is 9.72 Å². The van der Waals surface area contributed by atoms with Crippen molar-refractivity contribution in [1.82, 2.24) is 24.3 Å². The van der Waals surface area contributed by atoms with E-state index in [2.05, 4.69) is 20.9 Å². The summed E-state index contributed by atoms with van der Waals surface area (Å²) in [6, 6.07) is 8.67. The molecule has 0 radical (unpaired) electrons. The fourth-order valence-electron chi connectivity index (χ4n) is 5.46. The van der Waals surface area contributed by atoms with Gasteiger partial charge in [0.25, 0.3) is 0 Å². The van der Waals surface area contributed by atoms with Crippen LogP contribution in [0.2, 0.25) is 0 Å². The van der Waals surface area contributed by atoms with Crippen LogP contribution in [0.25, 0.3) is 11.0 Å². The summed E-state index contributed by atoms with van der Waals surface area (Å²) in [4.78, 5) is 26.2. The van der Waals surface area contributed by atoms with Gasteiger partial charge in [-0.1, -0.05) is 18.2 Å². The van der Waals surface area contributed by atoms with Crippen LogP contribution in [-0.2, 0) is 21.7 Å². The zero-order valence-electron chi connectivity index (χ0n) is 21.6. The number of aromatic nitrogens is 3. The molecular weight excluding hydrogens is 459 g/mol. The van der Waals surface area contributed by atoms with Gasteiger partial charge in [0.2, 0.25) is 5.91 Å². The van der Waals surface area contributed by atoms with Crippen molar-refractivity contribution in [2.75, 3.05) is 45.7 Å². The average Bonchev–Trinajstić information content (AvgIpc) is 3.23. The van der Waals surface area contributed by atoms with Gasteiger partial charge in [-0.25, -0.2) is 14.4 Å². The molecule has 36 heavy (non-hydrogen) atoms. The van der Waals surface area contributed by atoms with Crippen molar-refractivity contribution in [3.05, 3.63) is 53.2 Å². The molecule has 1 saturated heterocycles. The predicted molar refractivity (Wildman–Crippen MR) is 137 cm³/mol. The second kappa shape index (κ2) is 9.78. The quantitative estimate of drug-likeness (QED) is 0.561. The van der Waals surface area contributed by atoms with Gasteiger partial charge in [0, 0.05) is 38.2 Å². The minimum Gasteiger partial charge on any atom is -0.367 e. The Labute approximate surface area is 211 Å². The molecule has 1 amide bonds. The van der Waals surface area contributed by atoms with Crippen LogP contribution in [0.15, 0.2) is 30.3 Å². The molecule has 0 aliphatic carbocycles. The number of nitrogens with zero attached hydrogens (tertiary/aromatic N) is 5.